The Kier molecular flexibility index (Phi) is 5.85. The Labute approximate surface area is 157 Å². The molecule has 7 heteroatoms. The zero-order valence-corrected chi connectivity index (χ0v) is 16.9. The van der Waals surface area contributed by atoms with E-state index in [2.05, 4.69) is 21.2 Å². The molecule has 1 aromatic rings. The number of hydrogen-bond donors (Lipinski definition) is 1. The SMILES string of the molecule is CC(=O)NCC(=Cc1cc(Br)ccc1Cl)B1OC(C)(C)C(C)(C)O1. The van der Waals surface area contributed by atoms with Crippen LogP contribution in [0.4, 0.5) is 0 Å². The van der Waals surface area contributed by atoms with Gasteiger partial charge in [0.1, 0.15) is 0 Å². The van der Waals surface area contributed by atoms with Gasteiger partial charge in [-0.2, -0.15) is 0 Å². The first kappa shape index (κ1) is 19.5. The summed E-state index contributed by atoms with van der Waals surface area (Å²) in [6.07, 6.45) is 1.91. The van der Waals surface area contributed by atoms with Gasteiger partial charge in [-0.15, -0.1) is 0 Å². The van der Waals surface area contributed by atoms with E-state index in [1.165, 1.54) is 6.92 Å². The van der Waals surface area contributed by atoms with Crippen LogP contribution in [0.5, 0.6) is 0 Å². The average molecular weight is 415 g/mol. The molecule has 1 aliphatic rings. The van der Waals surface area contributed by atoms with Crippen molar-refractivity contribution in [3.63, 3.8) is 0 Å². The molecule has 0 radical (unpaired) electrons. The second-order valence-corrected chi connectivity index (χ2v) is 8.21. The van der Waals surface area contributed by atoms with Gasteiger partial charge in [-0.3, -0.25) is 4.79 Å². The number of nitrogens with one attached hydrogen (secondary N) is 1. The van der Waals surface area contributed by atoms with Crippen LogP contribution >= 0.6 is 27.5 Å². The third-order valence-electron chi connectivity index (χ3n) is 4.40. The molecule has 0 unspecified atom stereocenters. The van der Waals surface area contributed by atoms with Gasteiger partial charge in [-0.05, 0) is 56.9 Å². The number of halogens is 2. The number of carbonyl (C=O) groups excluding carboxylic acids is 1. The number of carbonyl (C=O) groups is 1. The quantitative estimate of drug-likeness (QED) is 0.749. The highest BCUT2D eigenvalue weighted by Crippen LogP contribution is 2.39. The molecule has 0 spiro atoms. The maximum absolute atomic E-state index is 11.3. The molecule has 1 fully saturated rings. The normalized spacial score (nSPS) is 19.5. The van der Waals surface area contributed by atoms with Crippen molar-refractivity contribution < 1.29 is 14.1 Å². The molecule has 0 saturated carbocycles. The molecule has 0 atom stereocenters. The summed E-state index contributed by atoms with van der Waals surface area (Å²) < 4.78 is 13.1. The predicted octanol–water partition coefficient (Wildman–Crippen LogP) is 4.25. The van der Waals surface area contributed by atoms with E-state index in [0.717, 1.165) is 15.5 Å². The van der Waals surface area contributed by atoms with Crippen LogP contribution in [0, 0.1) is 0 Å². The monoisotopic (exact) mass is 413 g/mol. The summed E-state index contributed by atoms with van der Waals surface area (Å²) in [7, 11) is -0.545. The Morgan fingerprint density at radius 1 is 1.29 bits per heavy atom. The summed E-state index contributed by atoms with van der Waals surface area (Å²) in [4.78, 5) is 11.3. The maximum Gasteiger partial charge on any atom is 0.492 e. The molecule has 1 heterocycles. The first-order valence-corrected chi connectivity index (χ1v) is 8.94. The third kappa shape index (κ3) is 4.42. The van der Waals surface area contributed by atoms with E-state index >= 15 is 0 Å². The molecule has 1 amide bonds. The van der Waals surface area contributed by atoms with Gasteiger partial charge in [0.25, 0.3) is 0 Å². The van der Waals surface area contributed by atoms with Crippen molar-refractivity contribution in [2.75, 3.05) is 6.54 Å². The molecular formula is C17H22BBrClNO3. The Balaban J connectivity index is 2.37. The van der Waals surface area contributed by atoms with E-state index in [0.29, 0.717) is 11.6 Å². The maximum atomic E-state index is 11.3. The minimum Gasteiger partial charge on any atom is -0.400 e. The summed E-state index contributed by atoms with van der Waals surface area (Å²) in [6, 6.07) is 5.61. The van der Waals surface area contributed by atoms with Crippen molar-refractivity contribution in [2.45, 2.75) is 45.8 Å². The van der Waals surface area contributed by atoms with Crippen LogP contribution in [0.25, 0.3) is 6.08 Å². The van der Waals surface area contributed by atoms with Crippen molar-refractivity contribution in [1.29, 1.82) is 0 Å². The standard InChI is InChI=1S/C17H22BBrClNO3/c1-11(22)21-10-13(8-12-9-14(19)6-7-15(12)20)18-23-16(2,3)17(4,5)24-18/h6-9H,10H2,1-5H3,(H,21,22). The van der Waals surface area contributed by atoms with Crippen LogP contribution in [0.1, 0.15) is 40.2 Å². The lowest BCUT2D eigenvalue weighted by Gasteiger charge is -2.32. The van der Waals surface area contributed by atoms with E-state index in [1.807, 2.05) is 52.0 Å². The Hall–Kier alpha value is -0.815. The summed E-state index contributed by atoms with van der Waals surface area (Å²) in [6.45, 7) is 9.79. The van der Waals surface area contributed by atoms with Crippen LogP contribution < -0.4 is 5.32 Å². The number of benzene rings is 1. The molecule has 2 rings (SSSR count). The van der Waals surface area contributed by atoms with Crippen molar-refractivity contribution in [2.24, 2.45) is 0 Å². The fourth-order valence-corrected chi connectivity index (χ4v) is 2.80. The first-order chi connectivity index (χ1) is 11.0. The third-order valence-corrected chi connectivity index (χ3v) is 5.23. The zero-order valence-electron chi connectivity index (χ0n) is 14.6. The summed E-state index contributed by atoms with van der Waals surface area (Å²) in [5.74, 6) is -0.113. The summed E-state index contributed by atoms with van der Waals surface area (Å²) in [5.41, 5.74) is 0.743. The van der Waals surface area contributed by atoms with Gasteiger partial charge in [0.2, 0.25) is 5.91 Å². The van der Waals surface area contributed by atoms with Crippen molar-refractivity contribution in [3.8, 4) is 0 Å². The molecule has 1 aliphatic heterocycles. The highest BCUT2D eigenvalue weighted by atomic mass is 79.9. The van der Waals surface area contributed by atoms with Crippen LogP contribution in [0.3, 0.4) is 0 Å². The molecule has 1 aromatic carbocycles. The molecule has 24 heavy (non-hydrogen) atoms. The van der Waals surface area contributed by atoms with Crippen LogP contribution in [-0.2, 0) is 14.1 Å². The second kappa shape index (κ2) is 7.20. The lowest BCUT2D eigenvalue weighted by Crippen LogP contribution is -2.41. The first-order valence-electron chi connectivity index (χ1n) is 7.77. The van der Waals surface area contributed by atoms with Gasteiger partial charge < -0.3 is 14.6 Å². The largest absolute Gasteiger partial charge is 0.492 e. The van der Waals surface area contributed by atoms with E-state index < -0.39 is 18.3 Å². The van der Waals surface area contributed by atoms with Crippen LogP contribution in [-0.4, -0.2) is 30.8 Å². The number of hydrogen-bond acceptors (Lipinski definition) is 3. The molecule has 4 nitrogen and oxygen atoms in total. The topological polar surface area (TPSA) is 47.6 Å². The molecule has 1 saturated heterocycles. The minimum atomic E-state index is -0.545. The average Bonchev–Trinajstić information content (AvgIpc) is 2.66. The minimum absolute atomic E-state index is 0.113. The highest BCUT2D eigenvalue weighted by Gasteiger charge is 2.52. The van der Waals surface area contributed by atoms with Crippen molar-refractivity contribution >= 4 is 46.6 Å². The van der Waals surface area contributed by atoms with Gasteiger partial charge in [0, 0.05) is 23.0 Å². The van der Waals surface area contributed by atoms with Crippen LogP contribution in [0.15, 0.2) is 28.1 Å². The molecule has 1 N–H and O–H groups in total. The molecule has 130 valence electrons. The number of rotatable bonds is 4. The van der Waals surface area contributed by atoms with E-state index in [1.54, 1.807) is 0 Å². The fourth-order valence-electron chi connectivity index (χ4n) is 2.25. The number of amides is 1. The highest BCUT2D eigenvalue weighted by molar-refractivity contribution is 9.10. The smallest absolute Gasteiger partial charge is 0.400 e. The van der Waals surface area contributed by atoms with Gasteiger partial charge >= 0.3 is 7.12 Å². The fraction of sp³-hybridized carbons (Fsp3) is 0.471. The second-order valence-electron chi connectivity index (χ2n) is 6.88. The van der Waals surface area contributed by atoms with Gasteiger partial charge in [-0.25, -0.2) is 0 Å². The van der Waals surface area contributed by atoms with Crippen molar-refractivity contribution in [1.82, 2.24) is 5.32 Å². The van der Waals surface area contributed by atoms with E-state index in [4.69, 9.17) is 20.9 Å². The van der Waals surface area contributed by atoms with Gasteiger partial charge in [-0.1, -0.05) is 33.6 Å². The Bertz CT molecular complexity index is 660. The zero-order chi connectivity index (χ0) is 18.1. The molecular weight excluding hydrogens is 392 g/mol. The molecule has 0 aromatic heterocycles. The predicted molar refractivity (Wildman–Crippen MR) is 102 cm³/mol. The molecule has 0 bridgehead atoms. The van der Waals surface area contributed by atoms with E-state index in [9.17, 15) is 4.79 Å². The van der Waals surface area contributed by atoms with Crippen LogP contribution in [0.2, 0.25) is 5.02 Å². The lowest BCUT2D eigenvalue weighted by atomic mass is 9.77. The lowest BCUT2D eigenvalue weighted by molar-refractivity contribution is -0.118. The van der Waals surface area contributed by atoms with Crippen molar-refractivity contribution in [3.05, 3.63) is 38.7 Å². The Morgan fingerprint density at radius 3 is 2.42 bits per heavy atom. The van der Waals surface area contributed by atoms with E-state index in [-0.39, 0.29) is 5.91 Å². The Morgan fingerprint density at radius 2 is 1.88 bits per heavy atom. The summed E-state index contributed by atoms with van der Waals surface area (Å²) >= 11 is 9.74. The van der Waals surface area contributed by atoms with Gasteiger partial charge in [0.15, 0.2) is 0 Å². The molecule has 0 aliphatic carbocycles. The summed E-state index contributed by atoms with van der Waals surface area (Å²) in [5, 5.41) is 3.43. The van der Waals surface area contributed by atoms with Gasteiger partial charge in [0.05, 0.1) is 11.2 Å².